The highest BCUT2D eigenvalue weighted by Crippen LogP contribution is 2.18. The van der Waals surface area contributed by atoms with Crippen LogP contribution >= 0.6 is 23.2 Å². The molecule has 1 aromatic carbocycles. The fourth-order valence-electron chi connectivity index (χ4n) is 1.30. The normalized spacial score (nSPS) is 11.0. The summed E-state index contributed by atoms with van der Waals surface area (Å²) in [4.78, 5) is 21.1. The van der Waals surface area contributed by atoms with E-state index >= 15 is 0 Å². The number of carboxylic acids is 2. The van der Waals surface area contributed by atoms with Crippen molar-refractivity contribution < 1.29 is 19.8 Å². The first-order valence-electron chi connectivity index (χ1n) is 4.49. The van der Waals surface area contributed by atoms with Gasteiger partial charge in [0.1, 0.15) is 4.84 Å². The Labute approximate surface area is 107 Å². The summed E-state index contributed by atoms with van der Waals surface area (Å²) in [5, 5.41) is 17.9. The van der Waals surface area contributed by atoms with Crippen LogP contribution < -0.4 is 0 Å². The fourth-order valence-corrected chi connectivity index (χ4v) is 1.45. The van der Waals surface area contributed by atoms with E-state index in [1.54, 1.807) is 0 Å². The molecule has 0 heterocycles. The van der Waals surface area contributed by atoms with E-state index in [2.05, 4.69) is 0 Å². The predicted molar refractivity (Wildman–Crippen MR) is 64.9 cm³/mol. The lowest BCUT2D eigenvalue weighted by Gasteiger charge is -2.05. The molecular weight excluding hydrogens is 267 g/mol. The Morgan fingerprint density at radius 3 is 2.29 bits per heavy atom. The van der Waals surface area contributed by atoms with Gasteiger partial charge in [0.05, 0.1) is 11.1 Å². The summed E-state index contributed by atoms with van der Waals surface area (Å²) in [6.45, 7) is 0. The van der Waals surface area contributed by atoms with Crippen molar-refractivity contribution in [3.8, 4) is 0 Å². The number of hydrogen-bond donors (Lipinski definition) is 2. The smallest absolute Gasteiger partial charge is 0.337 e. The Morgan fingerprint density at radius 2 is 1.82 bits per heavy atom. The van der Waals surface area contributed by atoms with Gasteiger partial charge in [-0.3, -0.25) is 0 Å². The number of hydrogen-bond acceptors (Lipinski definition) is 2. The molecule has 0 atom stereocenters. The van der Waals surface area contributed by atoms with E-state index in [1.807, 2.05) is 0 Å². The molecule has 0 aliphatic heterocycles. The van der Waals surface area contributed by atoms with Crippen LogP contribution in [-0.2, 0) is 0 Å². The van der Waals surface area contributed by atoms with Gasteiger partial charge in [-0.15, -0.1) is 23.2 Å². The van der Waals surface area contributed by atoms with Crippen molar-refractivity contribution in [3.05, 3.63) is 41.0 Å². The zero-order chi connectivity index (χ0) is 13.0. The van der Waals surface area contributed by atoms with E-state index in [4.69, 9.17) is 33.4 Å². The van der Waals surface area contributed by atoms with Gasteiger partial charge in [-0.25, -0.2) is 9.59 Å². The summed E-state index contributed by atoms with van der Waals surface area (Å²) in [6, 6.07) is 4.15. The minimum absolute atomic E-state index is 0.240. The van der Waals surface area contributed by atoms with Crippen LogP contribution in [0.4, 0.5) is 0 Å². The second-order valence-corrected chi connectivity index (χ2v) is 4.24. The van der Waals surface area contributed by atoms with Crippen molar-refractivity contribution in [2.45, 2.75) is 4.84 Å². The van der Waals surface area contributed by atoms with Crippen LogP contribution in [0.3, 0.4) is 0 Å². The van der Waals surface area contributed by atoms with E-state index in [1.165, 1.54) is 30.4 Å². The molecule has 0 fully saturated rings. The average Bonchev–Trinajstić information content (AvgIpc) is 2.25. The molecule has 0 aliphatic carbocycles. The third kappa shape index (κ3) is 3.47. The Hall–Kier alpha value is -1.52. The molecule has 0 unspecified atom stereocenters. The molecule has 17 heavy (non-hydrogen) atoms. The molecule has 1 aromatic rings. The molecule has 0 amide bonds. The largest absolute Gasteiger partial charge is 0.478 e. The summed E-state index contributed by atoms with van der Waals surface area (Å²) in [5.74, 6) is -2.62. The van der Waals surface area contributed by atoms with Gasteiger partial charge < -0.3 is 10.2 Å². The number of halogens is 2. The summed E-state index contributed by atoms with van der Waals surface area (Å²) >= 11 is 11.0. The van der Waals surface area contributed by atoms with Gasteiger partial charge in [0.25, 0.3) is 0 Å². The van der Waals surface area contributed by atoms with Gasteiger partial charge in [0.2, 0.25) is 0 Å². The third-order valence-electron chi connectivity index (χ3n) is 1.96. The highest BCUT2D eigenvalue weighted by Gasteiger charge is 2.18. The number of carbonyl (C=O) groups is 2. The predicted octanol–water partition coefficient (Wildman–Crippen LogP) is 2.90. The number of rotatable bonds is 4. The SMILES string of the molecule is O=C(O)c1cccc(C=CC(Cl)Cl)c1C(=O)O. The van der Waals surface area contributed by atoms with Crippen LogP contribution in [0, 0.1) is 0 Å². The Bertz CT molecular complexity index is 480. The third-order valence-corrected chi connectivity index (χ3v) is 2.25. The molecule has 2 N–H and O–H groups in total. The highest BCUT2D eigenvalue weighted by molar-refractivity contribution is 6.45. The van der Waals surface area contributed by atoms with Crippen molar-refractivity contribution in [2.24, 2.45) is 0 Å². The van der Waals surface area contributed by atoms with Crippen LogP contribution in [0.5, 0.6) is 0 Å². The van der Waals surface area contributed by atoms with Crippen molar-refractivity contribution in [1.82, 2.24) is 0 Å². The van der Waals surface area contributed by atoms with Gasteiger partial charge in [-0.05, 0) is 11.6 Å². The quantitative estimate of drug-likeness (QED) is 0.828. The van der Waals surface area contributed by atoms with Gasteiger partial charge in [0.15, 0.2) is 0 Å². The van der Waals surface area contributed by atoms with Gasteiger partial charge >= 0.3 is 11.9 Å². The minimum Gasteiger partial charge on any atom is -0.478 e. The number of allylic oxidation sites excluding steroid dienone is 1. The molecule has 0 bridgehead atoms. The number of benzene rings is 1. The number of carboxylic acid groups (broad SMARTS) is 2. The van der Waals surface area contributed by atoms with Gasteiger partial charge in [0, 0.05) is 0 Å². The number of aromatic carboxylic acids is 2. The van der Waals surface area contributed by atoms with Crippen molar-refractivity contribution in [3.63, 3.8) is 0 Å². The van der Waals surface area contributed by atoms with Gasteiger partial charge in [-0.1, -0.05) is 24.3 Å². The Balaban J connectivity index is 3.35. The summed E-state index contributed by atoms with van der Waals surface area (Å²) in [6.07, 6.45) is 2.73. The molecule has 4 nitrogen and oxygen atoms in total. The monoisotopic (exact) mass is 274 g/mol. The summed E-state index contributed by atoms with van der Waals surface area (Å²) < 4.78 is 0. The van der Waals surface area contributed by atoms with Crippen molar-refractivity contribution in [2.75, 3.05) is 0 Å². The highest BCUT2D eigenvalue weighted by atomic mass is 35.5. The summed E-state index contributed by atoms with van der Waals surface area (Å²) in [7, 11) is 0. The molecule has 0 aliphatic rings. The fraction of sp³-hybridized carbons (Fsp3) is 0.0909. The van der Waals surface area contributed by atoms with E-state index in [0.29, 0.717) is 0 Å². The first kappa shape index (κ1) is 13.5. The first-order chi connectivity index (χ1) is 7.93. The zero-order valence-corrected chi connectivity index (χ0v) is 9.94. The van der Waals surface area contributed by atoms with E-state index < -0.39 is 16.8 Å². The van der Waals surface area contributed by atoms with Crippen LogP contribution in [-0.4, -0.2) is 27.0 Å². The molecule has 0 saturated carbocycles. The standard InChI is InChI=1S/C11H8Cl2O4/c12-8(13)5-4-6-2-1-3-7(10(14)15)9(6)11(16)17/h1-5,8H,(H,14,15)(H,16,17). The maximum absolute atomic E-state index is 11.0. The maximum atomic E-state index is 11.0. The minimum atomic E-state index is -1.32. The molecule has 0 aromatic heterocycles. The Morgan fingerprint density at radius 1 is 1.18 bits per heavy atom. The van der Waals surface area contributed by atoms with Crippen molar-refractivity contribution in [1.29, 1.82) is 0 Å². The Kier molecular flexibility index (Phi) is 4.54. The summed E-state index contributed by atoms with van der Waals surface area (Å²) in [5.41, 5.74) is -0.325. The van der Waals surface area contributed by atoms with Crippen LogP contribution in [0.25, 0.3) is 6.08 Å². The maximum Gasteiger partial charge on any atom is 0.337 e. The second-order valence-electron chi connectivity index (χ2n) is 3.07. The lowest BCUT2D eigenvalue weighted by Crippen LogP contribution is -2.09. The van der Waals surface area contributed by atoms with E-state index in [0.717, 1.165) is 0 Å². The number of alkyl halides is 2. The molecule has 0 radical (unpaired) electrons. The molecule has 6 heteroatoms. The molecular formula is C11H8Cl2O4. The van der Waals surface area contributed by atoms with E-state index in [9.17, 15) is 9.59 Å². The molecule has 0 spiro atoms. The topological polar surface area (TPSA) is 74.6 Å². The lowest BCUT2D eigenvalue weighted by molar-refractivity contribution is 0.0651. The zero-order valence-electron chi connectivity index (χ0n) is 8.43. The second kappa shape index (κ2) is 5.70. The lowest BCUT2D eigenvalue weighted by atomic mass is 10.0. The van der Waals surface area contributed by atoms with E-state index in [-0.39, 0.29) is 16.7 Å². The van der Waals surface area contributed by atoms with Crippen LogP contribution in [0.15, 0.2) is 24.3 Å². The average molecular weight is 275 g/mol. The molecule has 1 rings (SSSR count). The van der Waals surface area contributed by atoms with Crippen molar-refractivity contribution >= 4 is 41.2 Å². The molecule has 0 saturated heterocycles. The molecule has 90 valence electrons. The van der Waals surface area contributed by atoms with Gasteiger partial charge in [-0.2, -0.15) is 0 Å². The van der Waals surface area contributed by atoms with Crippen LogP contribution in [0.1, 0.15) is 26.3 Å². The first-order valence-corrected chi connectivity index (χ1v) is 5.36. The van der Waals surface area contributed by atoms with Crippen LogP contribution in [0.2, 0.25) is 0 Å².